The van der Waals surface area contributed by atoms with E-state index in [0.29, 0.717) is 25.4 Å². The van der Waals surface area contributed by atoms with Crippen LogP contribution in [0.3, 0.4) is 0 Å². The zero-order chi connectivity index (χ0) is 18.2. The van der Waals surface area contributed by atoms with Gasteiger partial charge < -0.3 is 19.5 Å². The molecule has 1 N–H and O–H groups in total. The Balaban J connectivity index is 1.59. The van der Waals surface area contributed by atoms with Crippen molar-refractivity contribution >= 4 is 22.0 Å². The molecule has 1 aromatic carbocycles. The van der Waals surface area contributed by atoms with Crippen molar-refractivity contribution in [2.75, 3.05) is 13.1 Å². The topological polar surface area (TPSA) is 59.0 Å². The van der Waals surface area contributed by atoms with Crippen LogP contribution in [0.2, 0.25) is 0 Å². The van der Waals surface area contributed by atoms with Crippen LogP contribution in [0.4, 0.5) is 4.79 Å². The minimum absolute atomic E-state index is 0.0161. The van der Waals surface area contributed by atoms with Gasteiger partial charge in [-0.1, -0.05) is 22.0 Å². The molecule has 138 valence electrons. The lowest BCUT2D eigenvalue weighted by Gasteiger charge is -2.39. The first-order chi connectivity index (χ1) is 11.7. The van der Waals surface area contributed by atoms with E-state index in [1.165, 1.54) is 0 Å². The highest BCUT2D eigenvalue weighted by atomic mass is 79.9. The van der Waals surface area contributed by atoms with Crippen LogP contribution in [0.5, 0.6) is 5.75 Å². The first-order valence-electron chi connectivity index (χ1n) is 8.85. The highest BCUT2D eigenvalue weighted by Gasteiger charge is 2.36. The lowest BCUT2D eigenvalue weighted by Crippen LogP contribution is -2.45. The van der Waals surface area contributed by atoms with E-state index in [1.54, 1.807) is 4.90 Å². The molecule has 2 atom stereocenters. The number of carbonyl (C=O) groups is 1. The Morgan fingerprint density at radius 2 is 2.00 bits per heavy atom. The summed E-state index contributed by atoms with van der Waals surface area (Å²) in [6, 6.07) is 5.75. The van der Waals surface area contributed by atoms with Crippen LogP contribution in [0.15, 0.2) is 22.7 Å². The number of fused-ring (bicyclic) bond motifs is 1. The number of nitrogens with zero attached hydrogens (tertiary/aromatic N) is 1. The molecule has 1 fully saturated rings. The lowest BCUT2D eigenvalue weighted by atomic mass is 9.85. The number of rotatable bonds is 1. The second-order valence-corrected chi connectivity index (χ2v) is 8.81. The summed E-state index contributed by atoms with van der Waals surface area (Å²) >= 11 is 3.45. The molecule has 25 heavy (non-hydrogen) atoms. The van der Waals surface area contributed by atoms with Gasteiger partial charge in [-0.05, 0) is 51.7 Å². The molecule has 2 aliphatic rings. The molecule has 0 spiro atoms. The zero-order valence-electron chi connectivity index (χ0n) is 15.0. The summed E-state index contributed by atoms with van der Waals surface area (Å²) in [6.07, 6.45) is 1.57. The maximum absolute atomic E-state index is 12.2. The summed E-state index contributed by atoms with van der Waals surface area (Å²) in [7, 11) is 0. The molecule has 1 saturated heterocycles. The molecule has 1 aromatic rings. The van der Waals surface area contributed by atoms with Gasteiger partial charge in [0.25, 0.3) is 0 Å². The molecule has 0 aliphatic carbocycles. The number of benzene rings is 1. The Hall–Kier alpha value is -1.27. The van der Waals surface area contributed by atoms with Gasteiger partial charge in [-0.25, -0.2) is 4.79 Å². The second kappa shape index (κ2) is 7.16. The molecule has 2 heterocycles. The van der Waals surface area contributed by atoms with E-state index in [4.69, 9.17) is 9.47 Å². The maximum atomic E-state index is 12.2. The van der Waals surface area contributed by atoms with Crippen molar-refractivity contribution in [1.82, 2.24) is 4.90 Å². The van der Waals surface area contributed by atoms with Crippen molar-refractivity contribution in [1.29, 1.82) is 0 Å². The van der Waals surface area contributed by atoms with Crippen molar-refractivity contribution < 1.29 is 19.4 Å². The van der Waals surface area contributed by atoms with Crippen LogP contribution in [0.1, 0.15) is 51.7 Å². The van der Waals surface area contributed by atoms with Gasteiger partial charge >= 0.3 is 6.09 Å². The minimum Gasteiger partial charge on any atom is -0.490 e. The van der Waals surface area contributed by atoms with E-state index in [0.717, 1.165) is 28.6 Å². The van der Waals surface area contributed by atoms with Crippen LogP contribution in [0.25, 0.3) is 0 Å². The third-order valence-electron chi connectivity index (χ3n) is 4.79. The molecule has 0 radical (unpaired) electrons. The summed E-state index contributed by atoms with van der Waals surface area (Å²) in [4.78, 5) is 13.9. The van der Waals surface area contributed by atoms with Crippen molar-refractivity contribution in [3.05, 3.63) is 28.2 Å². The molecular formula is C19H26BrNO4. The third kappa shape index (κ3) is 4.47. The summed E-state index contributed by atoms with van der Waals surface area (Å²) in [5.41, 5.74) is 0.382. The quantitative estimate of drug-likeness (QED) is 0.748. The van der Waals surface area contributed by atoms with Crippen molar-refractivity contribution in [2.24, 2.45) is 5.92 Å². The Morgan fingerprint density at radius 3 is 2.64 bits per heavy atom. The van der Waals surface area contributed by atoms with E-state index in [1.807, 2.05) is 39.0 Å². The summed E-state index contributed by atoms with van der Waals surface area (Å²) in [6.45, 7) is 6.97. The largest absolute Gasteiger partial charge is 0.490 e. The molecule has 0 aromatic heterocycles. The van der Waals surface area contributed by atoms with Crippen LogP contribution in [0, 0.1) is 5.92 Å². The predicted molar refractivity (Wildman–Crippen MR) is 98.7 cm³/mol. The molecule has 5 nitrogen and oxygen atoms in total. The van der Waals surface area contributed by atoms with Gasteiger partial charge in [-0.2, -0.15) is 0 Å². The average Bonchev–Trinajstić information content (AvgIpc) is 2.53. The fourth-order valence-electron chi connectivity index (χ4n) is 3.51. The van der Waals surface area contributed by atoms with Gasteiger partial charge in [-0.3, -0.25) is 0 Å². The van der Waals surface area contributed by atoms with Gasteiger partial charge in [0, 0.05) is 29.5 Å². The molecule has 0 bridgehead atoms. The van der Waals surface area contributed by atoms with Crippen LogP contribution in [-0.2, 0) is 4.74 Å². The molecule has 0 unspecified atom stereocenters. The molecule has 3 rings (SSSR count). The Morgan fingerprint density at radius 1 is 1.32 bits per heavy atom. The van der Waals surface area contributed by atoms with Crippen molar-refractivity contribution in [3.8, 4) is 5.75 Å². The fraction of sp³-hybridized carbons (Fsp3) is 0.632. The molecule has 6 heteroatoms. The van der Waals surface area contributed by atoms with Gasteiger partial charge in [0.05, 0.1) is 6.10 Å². The Kier molecular flexibility index (Phi) is 5.30. The SMILES string of the molecule is CC(C)(C)OC(=O)N1CCC([C@@H]2C[C@H](O)c3ccc(Br)cc3O2)CC1. The summed E-state index contributed by atoms with van der Waals surface area (Å²) in [5.74, 6) is 1.09. The second-order valence-electron chi connectivity index (χ2n) is 7.89. The van der Waals surface area contributed by atoms with E-state index < -0.39 is 11.7 Å². The number of halogens is 1. The van der Waals surface area contributed by atoms with Crippen molar-refractivity contribution in [3.63, 3.8) is 0 Å². The monoisotopic (exact) mass is 411 g/mol. The van der Waals surface area contributed by atoms with E-state index in [2.05, 4.69) is 15.9 Å². The van der Waals surface area contributed by atoms with Crippen LogP contribution in [-0.4, -0.2) is 40.9 Å². The first kappa shape index (κ1) is 18.5. The molecule has 0 saturated carbocycles. The van der Waals surface area contributed by atoms with E-state index in [9.17, 15) is 9.90 Å². The predicted octanol–water partition coefficient (Wildman–Crippen LogP) is 4.28. The Bertz CT molecular complexity index is 635. The number of hydrogen-bond acceptors (Lipinski definition) is 4. The number of amides is 1. The normalized spacial score (nSPS) is 24.4. The van der Waals surface area contributed by atoms with E-state index in [-0.39, 0.29) is 12.2 Å². The van der Waals surface area contributed by atoms with Gasteiger partial charge in [0.2, 0.25) is 0 Å². The van der Waals surface area contributed by atoms with Crippen LogP contribution < -0.4 is 4.74 Å². The van der Waals surface area contributed by atoms with Gasteiger partial charge in [0.1, 0.15) is 17.5 Å². The maximum Gasteiger partial charge on any atom is 0.410 e. The van der Waals surface area contributed by atoms with Gasteiger partial charge in [-0.15, -0.1) is 0 Å². The Labute approximate surface area is 157 Å². The molecule has 2 aliphatic heterocycles. The number of likely N-dealkylation sites (tertiary alicyclic amines) is 1. The van der Waals surface area contributed by atoms with Crippen molar-refractivity contribution in [2.45, 2.75) is 57.8 Å². The highest BCUT2D eigenvalue weighted by molar-refractivity contribution is 9.10. The third-order valence-corrected chi connectivity index (χ3v) is 5.28. The summed E-state index contributed by atoms with van der Waals surface area (Å²) in [5, 5.41) is 10.4. The zero-order valence-corrected chi connectivity index (χ0v) is 16.6. The number of carbonyl (C=O) groups excluding carboxylic acids is 1. The first-order valence-corrected chi connectivity index (χ1v) is 9.64. The smallest absolute Gasteiger partial charge is 0.410 e. The summed E-state index contributed by atoms with van der Waals surface area (Å²) < 4.78 is 12.6. The number of hydrogen-bond donors (Lipinski definition) is 1. The molecule has 1 amide bonds. The number of aliphatic hydroxyl groups is 1. The van der Waals surface area contributed by atoms with E-state index >= 15 is 0 Å². The molecular weight excluding hydrogens is 386 g/mol. The standard InChI is InChI=1S/C19H26BrNO4/c1-19(2,3)25-18(23)21-8-6-12(7-9-21)16-11-15(22)14-5-4-13(20)10-17(14)24-16/h4-5,10,12,15-16,22H,6-9,11H2,1-3H3/t15-,16-/m0/s1. The number of piperidine rings is 1. The van der Waals surface area contributed by atoms with Crippen LogP contribution >= 0.6 is 15.9 Å². The lowest BCUT2D eigenvalue weighted by molar-refractivity contribution is -0.00407. The van der Waals surface area contributed by atoms with Gasteiger partial charge in [0.15, 0.2) is 0 Å². The number of aliphatic hydroxyl groups excluding tert-OH is 1. The highest BCUT2D eigenvalue weighted by Crippen LogP contribution is 2.40. The fourth-order valence-corrected chi connectivity index (χ4v) is 3.85. The average molecular weight is 412 g/mol. The minimum atomic E-state index is -0.495. The number of ether oxygens (including phenoxy) is 2.